The van der Waals surface area contributed by atoms with Crippen LogP contribution in [0.25, 0.3) is 10.9 Å². The normalized spacial score (nSPS) is 15.1. The second-order valence-corrected chi connectivity index (χ2v) is 11.1. The minimum absolute atomic E-state index is 0.0268. The Morgan fingerprint density at radius 1 is 1.11 bits per heavy atom. The largest absolute Gasteiger partial charge is 0.332 e. The van der Waals surface area contributed by atoms with Crippen LogP contribution in [-0.4, -0.2) is 49.1 Å². The fourth-order valence-corrected chi connectivity index (χ4v) is 5.86. The number of hydrogen-bond donors (Lipinski definition) is 1. The average Bonchev–Trinajstić information content (AvgIpc) is 3.38. The summed E-state index contributed by atoms with van der Waals surface area (Å²) in [6, 6.07) is 5.50. The molecule has 0 bridgehead atoms. The molecule has 37 heavy (non-hydrogen) atoms. The van der Waals surface area contributed by atoms with Crippen LogP contribution in [0.4, 0.5) is 8.78 Å². The molecule has 0 saturated heterocycles. The van der Waals surface area contributed by atoms with Gasteiger partial charge in [-0.15, -0.1) is 0 Å². The van der Waals surface area contributed by atoms with Gasteiger partial charge in [-0.3, -0.25) is 23.3 Å². The summed E-state index contributed by atoms with van der Waals surface area (Å²) in [6.07, 6.45) is 0.384. The Labute approximate surface area is 210 Å². The summed E-state index contributed by atoms with van der Waals surface area (Å²) in [4.78, 5) is 26.7. The second-order valence-electron chi connectivity index (χ2n) is 9.42. The molecular weight excluding hydrogens is 508 g/mol. The van der Waals surface area contributed by atoms with Gasteiger partial charge in [-0.25, -0.2) is 22.0 Å². The predicted molar refractivity (Wildman–Crippen MR) is 130 cm³/mol. The van der Waals surface area contributed by atoms with Crippen LogP contribution in [0.2, 0.25) is 0 Å². The first kappa shape index (κ1) is 25.0. The number of hydrogen-bond acceptors (Lipinski definition) is 6. The van der Waals surface area contributed by atoms with Crippen LogP contribution < -0.4 is 16.0 Å². The minimum atomic E-state index is -4.36. The molecule has 1 aliphatic carbocycles. The van der Waals surface area contributed by atoms with E-state index in [4.69, 9.17) is 0 Å². The van der Waals surface area contributed by atoms with Crippen LogP contribution in [0.3, 0.4) is 0 Å². The molecule has 4 aromatic rings. The maximum atomic E-state index is 13.5. The zero-order valence-corrected chi connectivity index (χ0v) is 21.2. The molecule has 196 valence electrons. The highest BCUT2D eigenvalue weighted by molar-refractivity contribution is 7.89. The molecule has 3 aromatic heterocycles. The van der Waals surface area contributed by atoms with Gasteiger partial charge in [0.1, 0.15) is 0 Å². The van der Waals surface area contributed by atoms with Gasteiger partial charge in [0.05, 0.1) is 52.0 Å². The highest BCUT2D eigenvalue weighted by Gasteiger charge is 2.53. The van der Waals surface area contributed by atoms with E-state index < -0.39 is 33.2 Å². The number of nitrogens with one attached hydrogen (secondary N) is 1. The average molecular weight is 534 g/mol. The predicted octanol–water partition coefficient (Wildman–Crippen LogP) is 1.11. The standard InChI is InChI=1S/C23H25F2N7O4S/c1-14-8-16(30(3)27-14)13-31-19-5-4-17(37(35,36)28-23(6-7-23)21(24)25)9-18(19)20(33)32(22(31)34)12-15-10-26-29(2)11-15/h4-5,8-11,21,28H,6-7,12-13H2,1-3H3. The van der Waals surface area contributed by atoms with Crippen molar-refractivity contribution in [3.8, 4) is 0 Å². The van der Waals surface area contributed by atoms with E-state index in [1.807, 2.05) is 6.92 Å². The molecule has 1 fully saturated rings. The van der Waals surface area contributed by atoms with Crippen molar-refractivity contribution in [1.29, 1.82) is 0 Å². The summed E-state index contributed by atoms with van der Waals surface area (Å²) >= 11 is 0. The minimum Gasteiger partial charge on any atom is -0.287 e. The van der Waals surface area contributed by atoms with Crippen molar-refractivity contribution >= 4 is 20.9 Å². The maximum absolute atomic E-state index is 13.5. The summed E-state index contributed by atoms with van der Waals surface area (Å²) in [7, 11) is -0.925. The fraction of sp³-hybridized carbons (Fsp3) is 0.391. The quantitative estimate of drug-likeness (QED) is 0.362. The van der Waals surface area contributed by atoms with E-state index in [2.05, 4.69) is 14.9 Å². The molecule has 0 spiro atoms. The van der Waals surface area contributed by atoms with Crippen LogP contribution in [0.5, 0.6) is 0 Å². The third-order valence-electron chi connectivity index (χ3n) is 6.57. The van der Waals surface area contributed by atoms with Crippen molar-refractivity contribution in [3.05, 3.63) is 74.4 Å². The Kier molecular flexibility index (Phi) is 5.90. The van der Waals surface area contributed by atoms with Crippen molar-refractivity contribution < 1.29 is 17.2 Å². The van der Waals surface area contributed by atoms with Gasteiger partial charge in [0, 0.05) is 25.9 Å². The van der Waals surface area contributed by atoms with Crippen LogP contribution in [-0.2, 0) is 37.2 Å². The Morgan fingerprint density at radius 3 is 2.41 bits per heavy atom. The molecule has 0 amide bonds. The molecule has 1 aromatic carbocycles. The number of halogens is 2. The number of nitrogens with zero attached hydrogens (tertiary/aromatic N) is 6. The van der Waals surface area contributed by atoms with E-state index in [0.717, 1.165) is 16.3 Å². The molecule has 3 heterocycles. The number of benzene rings is 1. The number of fused-ring (bicyclic) bond motifs is 1. The Balaban J connectivity index is 1.68. The van der Waals surface area contributed by atoms with Crippen molar-refractivity contribution in [2.24, 2.45) is 14.1 Å². The number of aromatic nitrogens is 6. The molecule has 0 aliphatic heterocycles. The molecule has 0 atom stereocenters. The van der Waals surface area contributed by atoms with Gasteiger partial charge in [-0.2, -0.15) is 14.9 Å². The molecule has 11 nitrogen and oxygen atoms in total. The third kappa shape index (κ3) is 4.50. The zero-order chi connectivity index (χ0) is 26.7. The highest BCUT2D eigenvalue weighted by Crippen LogP contribution is 2.42. The van der Waals surface area contributed by atoms with Crippen LogP contribution in [0.15, 0.2) is 51.1 Å². The molecular formula is C23H25F2N7O4S. The summed E-state index contributed by atoms with van der Waals surface area (Å²) in [5.74, 6) is 0. The lowest BCUT2D eigenvalue weighted by Crippen LogP contribution is -2.42. The zero-order valence-electron chi connectivity index (χ0n) is 20.4. The van der Waals surface area contributed by atoms with E-state index in [1.165, 1.54) is 27.6 Å². The van der Waals surface area contributed by atoms with Crippen molar-refractivity contribution in [3.63, 3.8) is 0 Å². The lowest BCUT2D eigenvalue weighted by atomic mass is 10.2. The van der Waals surface area contributed by atoms with Crippen molar-refractivity contribution in [1.82, 2.24) is 33.4 Å². The van der Waals surface area contributed by atoms with Crippen LogP contribution >= 0.6 is 0 Å². The fourth-order valence-electron chi connectivity index (χ4n) is 4.40. The first-order chi connectivity index (χ1) is 17.4. The molecule has 1 saturated carbocycles. The summed E-state index contributed by atoms with van der Waals surface area (Å²) in [5.41, 5.74) is -0.835. The smallest absolute Gasteiger partial charge is 0.287 e. The molecule has 1 aliphatic rings. The number of sulfonamides is 1. The van der Waals surface area contributed by atoms with E-state index in [0.29, 0.717) is 11.3 Å². The van der Waals surface area contributed by atoms with Crippen LogP contribution in [0.1, 0.15) is 29.8 Å². The Bertz CT molecular complexity index is 1750. The lowest BCUT2D eigenvalue weighted by molar-refractivity contribution is 0.0970. The molecule has 0 unspecified atom stereocenters. The molecule has 1 N–H and O–H groups in total. The first-order valence-corrected chi connectivity index (χ1v) is 12.9. The van der Waals surface area contributed by atoms with E-state index in [1.54, 1.807) is 31.0 Å². The van der Waals surface area contributed by atoms with Crippen molar-refractivity contribution in [2.45, 2.75) is 49.7 Å². The van der Waals surface area contributed by atoms with E-state index >= 15 is 0 Å². The molecule has 14 heteroatoms. The topological polar surface area (TPSA) is 126 Å². The molecule has 5 rings (SSSR count). The summed E-state index contributed by atoms with van der Waals surface area (Å²) in [5, 5.41) is 8.34. The van der Waals surface area contributed by atoms with Gasteiger partial charge < -0.3 is 0 Å². The lowest BCUT2D eigenvalue weighted by Gasteiger charge is -2.18. The monoisotopic (exact) mass is 533 g/mol. The van der Waals surface area contributed by atoms with Gasteiger partial charge in [-0.05, 0) is 44.0 Å². The number of rotatable bonds is 8. The number of aryl methyl sites for hydroxylation is 3. The molecule has 0 radical (unpaired) electrons. The second kappa shape index (κ2) is 8.73. The number of alkyl halides is 2. The Hall–Kier alpha value is -3.65. The first-order valence-electron chi connectivity index (χ1n) is 11.5. The van der Waals surface area contributed by atoms with Crippen molar-refractivity contribution in [2.75, 3.05) is 0 Å². The van der Waals surface area contributed by atoms with Gasteiger partial charge in [-0.1, -0.05) is 0 Å². The summed E-state index contributed by atoms with van der Waals surface area (Å²) < 4.78 is 60.4. The van der Waals surface area contributed by atoms with E-state index in [-0.39, 0.29) is 41.7 Å². The highest BCUT2D eigenvalue weighted by atomic mass is 32.2. The summed E-state index contributed by atoms with van der Waals surface area (Å²) in [6.45, 7) is 1.79. The SMILES string of the molecule is Cc1cc(Cn2c(=O)n(Cc3cnn(C)c3)c(=O)c3cc(S(=O)(=O)NC4(C(F)F)CC4)ccc32)n(C)n1. The Morgan fingerprint density at radius 2 is 1.84 bits per heavy atom. The maximum Gasteiger partial charge on any atom is 0.332 e. The van der Waals surface area contributed by atoms with Gasteiger partial charge in [0.15, 0.2) is 0 Å². The van der Waals surface area contributed by atoms with Gasteiger partial charge in [0.2, 0.25) is 10.0 Å². The van der Waals surface area contributed by atoms with Crippen LogP contribution in [0, 0.1) is 6.92 Å². The van der Waals surface area contributed by atoms with Gasteiger partial charge >= 0.3 is 5.69 Å². The van der Waals surface area contributed by atoms with Gasteiger partial charge in [0.25, 0.3) is 12.0 Å². The van der Waals surface area contributed by atoms with E-state index in [9.17, 15) is 26.8 Å². The third-order valence-corrected chi connectivity index (χ3v) is 8.12.